The number of fused-ring (bicyclic) bond motifs is 1. The number of allylic oxidation sites excluding steroid dienone is 2. The van der Waals surface area contributed by atoms with Crippen molar-refractivity contribution in [2.75, 3.05) is 38.1 Å². The van der Waals surface area contributed by atoms with Gasteiger partial charge in [-0.15, -0.1) is 0 Å². The lowest BCUT2D eigenvalue weighted by molar-refractivity contribution is 0.313. The SMILES string of the molecule is CC(N)=C(C=N)c1c[nH]c(=O)c(-c2nc3ccc(N4CCN(C)CC4)cc3[nH]2)c1. The molecule has 3 heterocycles. The first kappa shape index (κ1) is 18.9. The summed E-state index contributed by atoms with van der Waals surface area (Å²) in [6, 6.07) is 7.86. The quantitative estimate of drug-likeness (QED) is 0.508. The number of aromatic nitrogens is 3. The maximum absolute atomic E-state index is 12.4. The first-order valence-corrected chi connectivity index (χ1v) is 9.60. The molecular weight excluding hydrogens is 366 g/mol. The Labute approximate surface area is 168 Å². The van der Waals surface area contributed by atoms with Gasteiger partial charge in [0.25, 0.3) is 5.56 Å². The third-order valence-electron chi connectivity index (χ3n) is 5.37. The largest absolute Gasteiger partial charge is 0.402 e. The predicted octanol–water partition coefficient (Wildman–Crippen LogP) is 2.01. The number of pyridine rings is 1. The molecule has 8 heteroatoms. The third kappa shape index (κ3) is 3.66. The van der Waals surface area contributed by atoms with Gasteiger partial charge in [-0.1, -0.05) is 0 Å². The van der Waals surface area contributed by atoms with Crippen molar-refractivity contribution in [2.24, 2.45) is 5.73 Å². The van der Waals surface area contributed by atoms with Gasteiger partial charge in [0.2, 0.25) is 0 Å². The lowest BCUT2D eigenvalue weighted by atomic mass is 10.1. The van der Waals surface area contributed by atoms with Gasteiger partial charge in [0.15, 0.2) is 0 Å². The summed E-state index contributed by atoms with van der Waals surface area (Å²) in [6.07, 6.45) is 2.75. The number of rotatable bonds is 4. The van der Waals surface area contributed by atoms with E-state index in [1.165, 1.54) is 6.21 Å². The first-order chi connectivity index (χ1) is 14.0. The number of imidazole rings is 1. The van der Waals surface area contributed by atoms with Gasteiger partial charge in [0, 0.05) is 61.1 Å². The normalized spacial score (nSPS) is 16.1. The molecule has 5 N–H and O–H groups in total. The minimum absolute atomic E-state index is 0.244. The summed E-state index contributed by atoms with van der Waals surface area (Å²) >= 11 is 0. The van der Waals surface area contributed by atoms with Gasteiger partial charge in [-0.3, -0.25) is 4.79 Å². The lowest BCUT2D eigenvalue weighted by Gasteiger charge is -2.34. The summed E-state index contributed by atoms with van der Waals surface area (Å²) in [6.45, 7) is 5.78. The van der Waals surface area contributed by atoms with Gasteiger partial charge in [0.05, 0.1) is 16.6 Å². The van der Waals surface area contributed by atoms with Crippen LogP contribution in [0.1, 0.15) is 12.5 Å². The maximum Gasteiger partial charge on any atom is 0.259 e. The first-order valence-electron chi connectivity index (χ1n) is 9.60. The molecule has 1 fully saturated rings. The molecule has 1 aliphatic heterocycles. The summed E-state index contributed by atoms with van der Waals surface area (Å²) in [5.41, 5.74) is 10.6. The summed E-state index contributed by atoms with van der Waals surface area (Å²) in [4.78, 5) is 27.7. The molecule has 1 aromatic carbocycles. The van der Waals surface area contributed by atoms with Gasteiger partial charge >= 0.3 is 0 Å². The van der Waals surface area contributed by atoms with E-state index in [1.807, 2.05) is 6.07 Å². The third-order valence-corrected chi connectivity index (χ3v) is 5.37. The molecule has 0 atom stereocenters. The second-order valence-corrected chi connectivity index (χ2v) is 7.45. The van der Waals surface area contributed by atoms with Crippen molar-refractivity contribution in [3.05, 3.63) is 52.1 Å². The topological polar surface area (TPSA) is 118 Å². The Morgan fingerprint density at radius 3 is 2.69 bits per heavy atom. The minimum Gasteiger partial charge on any atom is -0.402 e. The molecule has 29 heavy (non-hydrogen) atoms. The number of benzene rings is 1. The van der Waals surface area contributed by atoms with E-state index in [0.717, 1.165) is 42.9 Å². The van der Waals surface area contributed by atoms with Crippen molar-refractivity contribution < 1.29 is 0 Å². The van der Waals surface area contributed by atoms with Crippen LogP contribution in [0.5, 0.6) is 0 Å². The molecule has 0 radical (unpaired) electrons. The molecule has 0 aliphatic carbocycles. The predicted molar refractivity (Wildman–Crippen MR) is 117 cm³/mol. The summed E-state index contributed by atoms with van der Waals surface area (Å²) < 4.78 is 0. The number of anilines is 1. The average Bonchev–Trinajstić information content (AvgIpc) is 3.13. The number of hydrogen-bond donors (Lipinski definition) is 4. The standard InChI is InChI=1S/C21H25N7O/c1-13(23)17(11-22)14-9-16(21(29)24-12-14)20-25-18-4-3-15(10-19(18)26-20)28-7-5-27(2)6-8-28/h3-4,9-12,22H,5-8,23H2,1-2H3,(H,24,29)(H,25,26). The van der Waals surface area contributed by atoms with Crippen LogP contribution in [-0.2, 0) is 0 Å². The van der Waals surface area contributed by atoms with Crippen molar-refractivity contribution in [1.82, 2.24) is 19.9 Å². The molecule has 2 aromatic heterocycles. The van der Waals surface area contributed by atoms with Crippen molar-refractivity contribution in [1.29, 1.82) is 5.41 Å². The molecule has 1 saturated heterocycles. The van der Waals surface area contributed by atoms with E-state index in [2.05, 4.69) is 43.9 Å². The molecule has 4 rings (SSSR count). The fourth-order valence-corrected chi connectivity index (χ4v) is 3.63. The zero-order valence-electron chi connectivity index (χ0n) is 16.6. The number of H-pyrrole nitrogens is 2. The zero-order valence-corrected chi connectivity index (χ0v) is 16.6. The van der Waals surface area contributed by atoms with Crippen LogP contribution in [0.3, 0.4) is 0 Å². The fourth-order valence-electron chi connectivity index (χ4n) is 3.63. The highest BCUT2D eigenvalue weighted by Gasteiger charge is 2.16. The number of nitrogens with two attached hydrogens (primary N) is 1. The Morgan fingerprint density at radius 2 is 2.00 bits per heavy atom. The van der Waals surface area contributed by atoms with Crippen LogP contribution in [0.15, 0.2) is 41.0 Å². The highest BCUT2D eigenvalue weighted by molar-refractivity contribution is 6.09. The average molecular weight is 391 g/mol. The van der Waals surface area contributed by atoms with Gasteiger partial charge in [-0.2, -0.15) is 0 Å². The van der Waals surface area contributed by atoms with Crippen molar-refractivity contribution in [2.45, 2.75) is 6.92 Å². The highest BCUT2D eigenvalue weighted by atomic mass is 16.1. The van der Waals surface area contributed by atoms with Gasteiger partial charge in [-0.05, 0) is 38.2 Å². The van der Waals surface area contributed by atoms with E-state index in [0.29, 0.717) is 28.2 Å². The molecule has 150 valence electrons. The number of nitrogens with one attached hydrogen (secondary N) is 3. The molecule has 0 unspecified atom stereocenters. The van der Waals surface area contributed by atoms with Gasteiger partial charge in [-0.25, -0.2) is 4.98 Å². The van der Waals surface area contributed by atoms with Crippen molar-refractivity contribution in [3.63, 3.8) is 0 Å². The Morgan fingerprint density at radius 1 is 1.24 bits per heavy atom. The number of piperazine rings is 1. The second-order valence-electron chi connectivity index (χ2n) is 7.45. The smallest absolute Gasteiger partial charge is 0.259 e. The molecule has 0 amide bonds. The molecule has 0 saturated carbocycles. The van der Waals surface area contributed by atoms with Crippen LogP contribution >= 0.6 is 0 Å². The number of nitrogens with zero attached hydrogens (tertiary/aromatic N) is 3. The minimum atomic E-state index is -0.244. The van der Waals surface area contributed by atoms with Crippen LogP contribution in [0.2, 0.25) is 0 Å². The zero-order chi connectivity index (χ0) is 20.5. The lowest BCUT2D eigenvalue weighted by Crippen LogP contribution is -2.44. The number of aromatic amines is 2. The van der Waals surface area contributed by atoms with Crippen LogP contribution in [0.4, 0.5) is 5.69 Å². The second kappa shape index (κ2) is 7.56. The van der Waals surface area contributed by atoms with E-state index >= 15 is 0 Å². The Balaban J connectivity index is 1.72. The van der Waals surface area contributed by atoms with E-state index < -0.39 is 0 Å². The highest BCUT2D eigenvalue weighted by Crippen LogP contribution is 2.25. The van der Waals surface area contributed by atoms with E-state index in [9.17, 15) is 4.79 Å². The van der Waals surface area contributed by atoms with Crippen molar-refractivity contribution >= 4 is 28.5 Å². The van der Waals surface area contributed by atoms with Crippen LogP contribution in [0.25, 0.3) is 28.0 Å². The fraction of sp³-hybridized carbons (Fsp3) is 0.286. The molecule has 1 aliphatic rings. The molecule has 0 spiro atoms. The van der Waals surface area contributed by atoms with E-state index in [1.54, 1.807) is 19.2 Å². The molecule has 3 aromatic rings. The number of likely N-dealkylation sites (N-methyl/N-ethyl adjacent to an activating group) is 1. The van der Waals surface area contributed by atoms with Crippen LogP contribution in [0, 0.1) is 5.41 Å². The maximum atomic E-state index is 12.4. The summed E-state index contributed by atoms with van der Waals surface area (Å²) in [5, 5.41) is 7.59. The summed E-state index contributed by atoms with van der Waals surface area (Å²) in [5.74, 6) is 0.498. The number of hydrogen-bond acceptors (Lipinski definition) is 6. The molecular formula is C21H25N7O. The Kier molecular flexibility index (Phi) is 4.94. The molecule has 0 bridgehead atoms. The van der Waals surface area contributed by atoms with Crippen molar-refractivity contribution in [3.8, 4) is 11.4 Å². The monoisotopic (exact) mass is 391 g/mol. The molecule has 8 nitrogen and oxygen atoms in total. The summed E-state index contributed by atoms with van der Waals surface area (Å²) in [7, 11) is 2.14. The van der Waals surface area contributed by atoms with Gasteiger partial charge < -0.3 is 30.9 Å². The van der Waals surface area contributed by atoms with E-state index in [4.69, 9.17) is 11.1 Å². The van der Waals surface area contributed by atoms with Gasteiger partial charge in [0.1, 0.15) is 5.82 Å². The Bertz CT molecular complexity index is 1150. The van der Waals surface area contributed by atoms with E-state index in [-0.39, 0.29) is 5.56 Å². The van der Waals surface area contributed by atoms with Crippen LogP contribution < -0.4 is 16.2 Å². The Hall–Kier alpha value is -3.39. The van der Waals surface area contributed by atoms with Crippen LogP contribution in [-0.4, -0.2) is 59.3 Å².